The lowest BCUT2D eigenvalue weighted by molar-refractivity contribution is -0.120. The van der Waals surface area contributed by atoms with E-state index in [9.17, 15) is 9.18 Å². The smallest absolute Gasteiger partial charge is 0.140 e. The molecule has 1 unspecified atom stereocenters. The predicted molar refractivity (Wildman–Crippen MR) is 121 cm³/mol. The standard InChI is InChI=1S/C26H25BrFNO/c1-16-12-24-21(14-23(16)28)20(8-11-29-24)18-6-9-26(10-7-18)15-22(26)25(30)13-17-2-4-19(27)5-3-17/h2-5,8,11-12,14,18,22H,6-7,9-10,13,15H2,1H3. The molecular formula is C26H25BrFNO. The average molecular weight is 466 g/mol. The molecule has 0 amide bonds. The predicted octanol–water partition coefficient (Wildman–Crippen LogP) is 6.92. The first-order chi connectivity index (χ1) is 14.4. The van der Waals surface area contributed by atoms with Gasteiger partial charge in [-0.3, -0.25) is 9.78 Å². The number of Topliss-reactive ketones (excluding diaryl/α,β-unsaturated/α-hetero) is 1. The van der Waals surface area contributed by atoms with Gasteiger partial charge < -0.3 is 0 Å². The van der Waals surface area contributed by atoms with Crippen molar-refractivity contribution < 1.29 is 9.18 Å². The van der Waals surface area contributed by atoms with E-state index in [0.29, 0.717) is 23.7 Å². The molecule has 0 saturated heterocycles. The van der Waals surface area contributed by atoms with Crippen molar-refractivity contribution in [2.24, 2.45) is 11.3 Å². The van der Waals surface area contributed by atoms with E-state index < -0.39 is 0 Å². The maximum Gasteiger partial charge on any atom is 0.140 e. The van der Waals surface area contributed by atoms with Crippen LogP contribution >= 0.6 is 15.9 Å². The van der Waals surface area contributed by atoms with Crippen LogP contribution in [-0.4, -0.2) is 10.8 Å². The molecule has 4 heteroatoms. The van der Waals surface area contributed by atoms with Crippen LogP contribution in [0.1, 0.15) is 54.7 Å². The maximum atomic E-state index is 14.2. The van der Waals surface area contributed by atoms with E-state index in [1.54, 1.807) is 13.0 Å². The van der Waals surface area contributed by atoms with Crippen LogP contribution in [0.4, 0.5) is 4.39 Å². The zero-order chi connectivity index (χ0) is 20.9. The van der Waals surface area contributed by atoms with E-state index in [1.165, 1.54) is 5.56 Å². The topological polar surface area (TPSA) is 30.0 Å². The van der Waals surface area contributed by atoms with Crippen molar-refractivity contribution in [2.75, 3.05) is 0 Å². The molecule has 2 aromatic carbocycles. The van der Waals surface area contributed by atoms with E-state index in [1.807, 2.05) is 36.5 Å². The van der Waals surface area contributed by atoms with E-state index in [-0.39, 0.29) is 17.2 Å². The molecule has 1 aromatic heterocycles. The third kappa shape index (κ3) is 3.60. The number of ketones is 1. The van der Waals surface area contributed by atoms with E-state index >= 15 is 0 Å². The Bertz CT molecular complexity index is 1120. The summed E-state index contributed by atoms with van der Waals surface area (Å²) in [7, 11) is 0. The number of aryl methyl sites for hydroxylation is 1. The highest BCUT2D eigenvalue weighted by molar-refractivity contribution is 9.10. The van der Waals surface area contributed by atoms with Crippen LogP contribution in [0, 0.1) is 24.1 Å². The van der Waals surface area contributed by atoms with Gasteiger partial charge in [-0.15, -0.1) is 0 Å². The lowest BCUT2D eigenvalue weighted by Crippen LogP contribution is -2.20. The zero-order valence-electron chi connectivity index (χ0n) is 17.1. The van der Waals surface area contributed by atoms with Gasteiger partial charge in [-0.25, -0.2) is 4.39 Å². The molecule has 1 heterocycles. The fourth-order valence-electron chi connectivity index (χ4n) is 5.43. The second-order valence-corrected chi connectivity index (χ2v) is 10.1. The third-order valence-corrected chi connectivity index (χ3v) is 7.88. The van der Waals surface area contributed by atoms with Crippen LogP contribution in [0.3, 0.4) is 0 Å². The first-order valence-electron chi connectivity index (χ1n) is 10.8. The summed E-state index contributed by atoms with van der Waals surface area (Å²) < 4.78 is 15.2. The van der Waals surface area contributed by atoms with Crippen molar-refractivity contribution in [3.63, 3.8) is 0 Å². The number of hydrogen-bond acceptors (Lipinski definition) is 2. The minimum Gasteiger partial charge on any atom is -0.299 e. The molecule has 2 aliphatic rings. The molecule has 0 radical (unpaired) electrons. The Morgan fingerprint density at radius 3 is 2.63 bits per heavy atom. The molecule has 30 heavy (non-hydrogen) atoms. The maximum absolute atomic E-state index is 14.2. The van der Waals surface area contributed by atoms with Gasteiger partial charge in [0.15, 0.2) is 0 Å². The molecule has 0 aliphatic heterocycles. The van der Waals surface area contributed by atoms with Gasteiger partial charge in [-0.2, -0.15) is 0 Å². The van der Waals surface area contributed by atoms with Crippen LogP contribution < -0.4 is 0 Å². The molecule has 3 aromatic rings. The lowest BCUT2D eigenvalue weighted by Gasteiger charge is -2.30. The van der Waals surface area contributed by atoms with E-state index in [2.05, 4.69) is 27.0 Å². The minimum atomic E-state index is -0.162. The monoisotopic (exact) mass is 465 g/mol. The first kappa shape index (κ1) is 19.9. The number of aromatic nitrogens is 1. The van der Waals surface area contributed by atoms with Crippen LogP contribution in [-0.2, 0) is 11.2 Å². The summed E-state index contributed by atoms with van der Waals surface area (Å²) in [6.45, 7) is 1.78. The van der Waals surface area contributed by atoms with Crippen molar-refractivity contribution in [3.05, 3.63) is 75.6 Å². The summed E-state index contributed by atoms with van der Waals surface area (Å²) in [4.78, 5) is 17.3. The molecule has 1 atom stereocenters. The summed E-state index contributed by atoms with van der Waals surface area (Å²) in [5.74, 6) is 0.870. The van der Waals surface area contributed by atoms with Crippen molar-refractivity contribution in [1.29, 1.82) is 0 Å². The summed E-state index contributed by atoms with van der Waals surface area (Å²) in [6.07, 6.45) is 7.74. The van der Waals surface area contributed by atoms with Crippen molar-refractivity contribution >= 4 is 32.6 Å². The minimum absolute atomic E-state index is 0.162. The number of carbonyl (C=O) groups excluding carboxylic acids is 1. The van der Waals surface area contributed by atoms with Crippen LogP contribution in [0.15, 0.2) is 53.1 Å². The molecule has 0 bridgehead atoms. The number of pyridine rings is 1. The molecular weight excluding hydrogens is 441 g/mol. The Morgan fingerprint density at radius 2 is 1.90 bits per heavy atom. The third-order valence-electron chi connectivity index (χ3n) is 7.35. The normalized spacial score (nSPS) is 25.6. The number of benzene rings is 2. The van der Waals surface area contributed by atoms with Crippen LogP contribution in [0.2, 0.25) is 0 Å². The number of nitrogens with zero attached hydrogens (tertiary/aromatic N) is 1. The summed E-state index contributed by atoms with van der Waals surface area (Å²) in [5, 5.41) is 0.945. The van der Waals surface area contributed by atoms with Gasteiger partial charge in [0.25, 0.3) is 0 Å². The van der Waals surface area contributed by atoms with Gasteiger partial charge in [0.1, 0.15) is 11.6 Å². The van der Waals surface area contributed by atoms with Gasteiger partial charge >= 0.3 is 0 Å². The second kappa shape index (κ2) is 7.56. The second-order valence-electron chi connectivity index (χ2n) is 9.18. The molecule has 2 nitrogen and oxygen atoms in total. The van der Waals surface area contributed by atoms with E-state index in [4.69, 9.17) is 0 Å². The SMILES string of the molecule is Cc1cc2nccc(C3CCC4(CC3)CC4C(=O)Cc3ccc(Br)cc3)c2cc1F. The number of carbonyl (C=O) groups is 1. The molecule has 5 rings (SSSR count). The van der Waals surface area contributed by atoms with Gasteiger partial charge in [0.05, 0.1) is 5.52 Å². The van der Waals surface area contributed by atoms with Crippen molar-refractivity contribution in [3.8, 4) is 0 Å². The van der Waals surface area contributed by atoms with Crippen LogP contribution in [0.5, 0.6) is 0 Å². The first-order valence-corrected chi connectivity index (χ1v) is 11.6. The summed E-state index contributed by atoms with van der Waals surface area (Å²) in [5.41, 5.74) is 4.04. The Balaban J connectivity index is 1.27. The number of hydrogen-bond donors (Lipinski definition) is 0. The summed E-state index contributed by atoms with van der Waals surface area (Å²) >= 11 is 3.45. The van der Waals surface area contributed by atoms with Gasteiger partial charge in [-0.05, 0) is 97.4 Å². The highest BCUT2D eigenvalue weighted by atomic mass is 79.9. The summed E-state index contributed by atoms with van der Waals surface area (Å²) in [6, 6.07) is 13.6. The zero-order valence-corrected chi connectivity index (χ0v) is 18.7. The lowest BCUT2D eigenvalue weighted by atomic mass is 9.74. The number of rotatable bonds is 4. The quantitative estimate of drug-likeness (QED) is 0.418. The Hall–Kier alpha value is -2.07. The fourth-order valence-corrected chi connectivity index (χ4v) is 5.70. The Kier molecular flexibility index (Phi) is 5.01. The Labute approximate surface area is 185 Å². The highest BCUT2D eigenvalue weighted by Crippen LogP contribution is 2.63. The molecule has 2 fully saturated rings. The fraction of sp³-hybridized carbons (Fsp3) is 0.385. The van der Waals surface area contributed by atoms with Crippen LogP contribution in [0.25, 0.3) is 10.9 Å². The average Bonchev–Trinajstić information content (AvgIpc) is 3.44. The van der Waals surface area contributed by atoms with E-state index in [0.717, 1.165) is 53.0 Å². The highest BCUT2D eigenvalue weighted by Gasteiger charge is 2.57. The van der Waals surface area contributed by atoms with Gasteiger partial charge in [0.2, 0.25) is 0 Å². The van der Waals surface area contributed by atoms with Crippen molar-refractivity contribution in [2.45, 2.75) is 51.4 Å². The van der Waals surface area contributed by atoms with Gasteiger partial charge in [0, 0.05) is 28.4 Å². The Morgan fingerprint density at radius 1 is 1.17 bits per heavy atom. The number of halogens is 2. The molecule has 154 valence electrons. The molecule has 1 spiro atoms. The van der Waals surface area contributed by atoms with Crippen molar-refractivity contribution in [1.82, 2.24) is 4.98 Å². The van der Waals surface area contributed by atoms with Gasteiger partial charge in [-0.1, -0.05) is 28.1 Å². The largest absolute Gasteiger partial charge is 0.299 e. The molecule has 2 saturated carbocycles. The number of fused-ring (bicyclic) bond motifs is 1. The molecule has 2 aliphatic carbocycles. The molecule has 0 N–H and O–H groups in total.